The molecule has 52 heavy (non-hydrogen) atoms. The molecule has 0 fully saturated rings. The highest BCUT2D eigenvalue weighted by Crippen LogP contribution is 2.40. The fraction of sp³-hybridized carbons (Fsp3) is 0. The molecule has 0 amide bonds. The number of hydrogen-bond donors (Lipinski definition) is 0. The van der Waals surface area contributed by atoms with Crippen LogP contribution in [0.3, 0.4) is 0 Å². The lowest BCUT2D eigenvalue weighted by Crippen LogP contribution is -2.01. The molecule has 0 saturated heterocycles. The molecule has 2 aromatic heterocycles. The Kier molecular flexibility index (Phi) is 6.91. The largest absolute Gasteiger partial charge is 0.309 e. The maximum absolute atomic E-state index is 11.0. The van der Waals surface area contributed by atoms with Crippen LogP contribution in [0.25, 0.3) is 82.1 Å². The lowest BCUT2D eigenvalue weighted by Gasteiger charge is -2.17. The Morgan fingerprint density at radius 1 is 0.481 bits per heavy atom. The standard InChI is InChI=1S/C46H24N6/c1-50-33-18-20-45-40(25-33)38-12-4-6-14-42(38)51(45)34-23-31(35-10-3-2-9-30(35)27-48)22-32(24-34)36-13-8-16-44(41(36)28-49)52-43-15-7-5-11-37(43)39-21-29(26-47)17-19-46(39)52/h2-25H. The highest BCUT2D eigenvalue weighted by Gasteiger charge is 2.20. The Morgan fingerprint density at radius 2 is 1.10 bits per heavy atom. The molecule has 6 nitrogen and oxygen atoms in total. The molecule has 0 aliphatic heterocycles. The van der Waals surface area contributed by atoms with E-state index in [0.29, 0.717) is 22.4 Å². The molecular formula is C46H24N6. The van der Waals surface area contributed by atoms with Crippen LogP contribution >= 0.6 is 0 Å². The molecule has 0 unspecified atom stereocenters. The smallest absolute Gasteiger partial charge is 0.188 e. The zero-order valence-corrected chi connectivity index (χ0v) is 27.5. The van der Waals surface area contributed by atoms with Gasteiger partial charge in [0.2, 0.25) is 0 Å². The summed E-state index contributed by atoms with van der Waals surface area (Å²) in [5, 5.41) is 34.7. The Hall–Kier alpha value is -7.90. The lowest BCUT2D eigenvalue weighted by molar-refractivity contribution is 1.16. The Morgan fingerprint density at radius 3 is 1.83 bits per heavy atom. The predicted molar refractivity (Wildman–Crippen MR) is 206 cm³/mol. The van der Waals surface area contributed by atoms with Crippen LogP contribution in [0.5, 0.6) is 0 Å². The van der Waals surface area contributed by atoms with Crippen LogP contribution in [0.2, 0.25) is 0 Å². The van der Waals surface area contributed by atoms with Crippen LogP contribution in [-0.4, -0.2) is 9.13 Å². The van der Waals surface area contributed by atoms with Gasteiger partial charge >= 0.3 is 0 Å². The first-order valence-electron chi connectivity index (χ1n) is 16.6. The second-order valence-electron chi connectivity index (χ2n) is 12.6. The summed E-state index contributed by atoms with van der Waals surface area (Å²) in [6.07, 6.45) is 0. The molecule has 0 atom stereocenters. The van der Waals surface area contributed by atoms with Gasteiger partial charge in [0.05, 0.1) is 63.2 Å². The summed E-state index contributed by atoms with van der Waals surface area (Å²) in [5.74, 6) is 0. The molecule has 238 valence electrons. The average molecular weight is 661 g/mol. The number of benzene rings is 7. The molecule has 0 spiro atoms. The molecule has 7 aromatic carbocycles. The van der Waals surface area contributed by atoms with Gasteiger partial charge in [0.25, 0.3) is 0 Å². The maximum atomic E-state index is 11.0. The fourth-order valence-electron chi connectivity index (χ4n) is 7.58. The van der Waals surface area contributed by atoms with Crippen LogP contribution in [-0.2, 0) is 0 Å². The van der Waals surface area contributed by atoms with E-state index < -0.39 is 0 Å². The number of aromatic nitrogens is 2. The van der Waals surface area contributed by atoms with E-state index in [0.717, 1.165) is 77.2 Å². The van der Waals surface area contributed by atoms with Crippen molar-refractivity contribution in [3.05, 3.63) is 174 Å². The van der Waals surface area contributed by atoms with Gasteiger partial charge in [-0.25, -0.2) is 4.85 Å². The Balaban J connectivity index is 1.36. The van der Waals surface area contributed by atoms with Crippen LogP contribution in [0.15, 0.2) is 146 Å². The topological polar surface area (TPSA) is 85.6 Å². The maximum Gasteiger partial charge on any atom is 0.188 e. The molecule has 9 rings (SSSR count). The highest BCUT2D eigenvalue weighted by molar-refractivity contribution is 6.11. The highest BCUT2D eigenvalue weighted by atomic mass is 15.0. The molecule has 0 saturated carbocycles. The lowest BCUT2D eigenvalue weighted by atomic mass is 9.93. The van der Waals surface area contributed by atoms with E-state index in [-0.39, 0.29) is 0 Å². The molecule has 0 bridgehead atoms. The van der Waals surface area contributed by atoms with Crippen LogP contribution < -0.4 is 0 Å². The van der Waals surface area contributed by atoms with E-state index in [1.807, 2.05) is 115 Å². The van der Waals surface area contributed by atoms with Gasteiger partial charge in [0.1, 0.15) is 6.07 Å². The summed E-state index contributed by atoms with van der Waals surface area (Å²) in [6, 6.07) is 54.5. The monoisotopic (exact) mass is 660 g/mol. The molecular weight excluding hydrogens is 637 g/mol. The fourth-order valence-corrected chi connectivity index (χ4v) is 7.58. The SMILES string of the molecule is [C-]#[N+]c1ccc2c(c1)c1ccccc1n2-c1cc(-c2ccccc2C#N)cc(-c2cccc(-n3c4ccccc4c4cc(C#N)ccc43)c2C#N)c1. The van der Waals surface area contributed by atoms with Crippen LogP contribution in [0, 0.1) is 40.6 Å². The van der Waals surface area contributed by atoms with Gasteiger partial charge in [-0.3, -0.25) is 0 Å². The minimum Gasteiger partial charge on any atom is -0.309 e. The third kappa shape index (κ3) is 4.54. The Bertz CT molecular complexity index is 3130. The predicted octanol–water partition coefficient (Wildman–Crippen LogP) is 11.4. The van der Waals surface area contributed by atoms with E-state index in [4.69, 9.17) is 6.57 Å². The van der Waals surface area contributed by atoms with E-state index >= 15 is 0 Å². The van der Waals surface area contributed by atoms with Crippen molar-refractivity contribution in [1.82, 2.24) is 9.13 Å². The summed E-state index contributed by atoms with van der Waals surface area (Å²) in [4.78, 5) is 3.69. The molecule has 0 aliphatic carbocycles. The van der Waals surface area contributed by atoms with Crippen molar-refractivity contribution in [3.8, 4) is 51.8 Å². The number of para-hydroxylation sites is 2. The minimum atomic E-state index is 0.495. The first kappa shape index (κ1) is 30.2. The van der Waals surface area contributed by atoms with Gasteiger partial charge in [-0.05, 0) is 94.9 Å². The number of nitrogens with zero attached hydrogens (tertiary/aromatic N) is 6. The van der Waals surface area contributed by atoms with Crippen LogP contribution in [0.4, 0.5) is 5.69 Å². The number of rotatable bonds is 4. The van der Waals surface area contributed by atoms with Crippen molar-refractivity contribution in [2.24, 2.45) is 0 Å². The number of nitriles is 3. The molecule has 0 aliphatic rings. The zero-order chi connectivity index (χ0) is 35.3. The number of hydrogen-bond acceptors (Lipinski definition) is 3. The summed E-state index contributed by atoms with van der Waals surface area (Å²) in [6.45, 7) is 7.65. The number of fused-ring (bicyclic) bond motifs is 6. The Labute approximate surface area is 298 Å². The molecule has 6 heteroatoms. The quantitative estimate of drug-likeness (QED) is 0.176. The van der Waals surface area contributed by atoms with Gasteiger partial charge < -0.3 is 9.13 Å². The molecule has 9 aromatic rings. The van der Waals surface area contributed by atoms with Crippen molar-refractivity contribution < 1.29 is 0 Å². The van der Waals surface area contributed by atoms with E-state index in [9.17, 15) is 15.8 Å². The second-order valence-corrected chi connectivity index (χ2v) is 12.6. The minimum absolute atomic E-state index is 0.495. The van der Waals surface area contributed by atoms with Crippen molar-refractivity contribution in [1.29, 1.82) is 15.8 Å². The molecule has 2 heterocycles. The third-order valence-corrected chi connectivity index (χ3v) is 9.83. The van der Waals surface area contributed by atoms with Gasteiger partial charge in [-0.15, -0.1) is 0 Å². The van der Waals surface area contributed by atoms with Crippen molar-refractivity contribution in [2.45, 2.75) is 0 Å². The van der Waals surface area contributed by atoms with E-state index in [1.54, 1.807) is 0 Å². The summed E-state index contributed by atoms with van der Waals surface area (Å²) in [5.41, 5.74) is 10.7. The third-order valence-electron chi connectivity index (χ3n) is 9.83. The van der Waals surface area contributed by atoms with Crippen molar-refractivity contribution in [3.63, 3.8) is 0 Å². The normalized spacial score (nSPS) is 11.0. The van der Waals surface area contributed by atoms with E-state index in [2.05, 4.69) is 62.5 Å². The van der Waals surface area contributed by atoms with E-state index in [1.165, 1.54) is 0 Å². The summed E-state index contributed by atoms with van der Waals surface area (Å²) < 4.78 is 4.29. The first-order chi connectivity index (χ1) is 25.6. The molecule has 0 radical (unpaired) electrons. The first-order valence-corrected chi connectivity index (χ1v) is 16.6. The second kappa shape index (κ2) is 11.9. The molecule has 0 N–H and O–H groups in total. The van der Waals surface area contributed by atoms with Gasteiger partial charge in [0.15, 0.2) is 5.69 Å². The average Bonchev–Trinajstić information content (AvgIpc) is 3.72. The van der Waals surface area contributed by atoms with Crippen LogP contribution in [0.1, 0.15) is 16.7 Å². The van der Waals surface area contributed by atoms with Gasteiger partial charge in [0, 0.05) is 27.4 Å². The summed E-state index contributed by atoms with van der Waals surface area (Å²) in [7, 11) is 0. The summed E-state index contributed by atoms with van der Waals surface area (Å²) >= 11 is 0. The van der Waals surface area contributed by atoms with Gasteiger partial charge in [-0.2, -0.15) is 15.8 Å². The zero-order valence-electron chi connectivity index (χ0n) is 27.5. The van der Waals surface area contributed by atoms with Crippen molar-refractivity contribution in [2.75, 3.05) is 0 Å². The van der Waals surface area contributed by atoms with Gasteiger partial charge in [-0.1, -0.05) is 72.8 Å². The van der Waals surface area contributed by atoms with Crippen molar-refractivity contribution >= 4 is 49.3 Å².